The van der Waals surface area contributed by atoms with Crippen molar-refractivity contribution in [2.75, 3.05) is 11.1 Å². The van der Waals surface area contributed by atoms with Crippen LogP contribution in [0.4, 0.5) is 11.4 Å². The van der Waals surface area contributed by atoms with Crippen molar-refractivity contribution in [3.63, 3.8) is 0 Å². The Morgan fingerprint density at radius 1 is 1.41 bits per heavy atom. The van der Waals surface area contributed by atoms with Crippen molar-refractivity contribution in [2.45, 2.75) is 5.16 Å². The molecule has 2 aromatic rings. The number of non-ortho nitro benzene ring substituents is 1. The standard InChI is InChI=1S/C11H9N5O5S/c17-9(4-22-11-12-5-13-15-11)14-7-1-6(10(18)19)2-8(3-7)16(20)21/h1-3,5H,4H2,(H,14,17)(H,18,19)(H,12,13,15). The number of nitro groups is 1. The molecule has 114 valence electrons. The molecule has 1 aromatic carbocycles. The third-order valence-electron chi connectivity index (χ3n) is 2.39. The Balaban J connectivity index is 2.09. The maximum Gasteiger partial charge on any atom is 0.336 e. The molecule has 1 aromatic heterocycles. The minimum absolute atomic E-state index is 0.0136. The number of nitrogens with zero attached hydrogens (tertiary/aromatic N) is 3. The second-order valence-electron chi connectivity index (χ2n) is 3.96. The number of carboxylic acids is 1. The van der Waals surface area contributed by atoms with Crippen LogP contribution in [0.3, 0.4) is 0 Å². The number of H-pyrrole nitrogens is 1. The van der Waals surface area contributed by atoms with Crippen LogP contribution < -0.4 is 5.32 Å². The molecule has 10 nitrogen and oxygen atoms in total. The van der Waals surface area contributed by atoms with Crippen LogP contribution in [0.1, 0.15) is 10.4 Å². The van der Waals surface area contributed by atoms with Crippen LogP contribution in [-0.4, -0.2) is 42.8 Å². The summed E-state index contributed by atoms with van der Waals surface area (Å²) < 4.78 is 0. The van der Waals surface area contributed by atoms with Crippen LogP contribution in [0, 0.1) is 10.1 Å². The van der Waals surface area contributed by atoms with Gasteiger partial charge in [0.25, 0.3) is 5.69 Å². The first kappa shape index (κ1) is 15.4. The van der Waals surface area contributed by atoms with Gasteiger partial charge in [-0.2, -0.15) is 5.10 Å². The van der Waals surface area contributed by atoms with Crippen molar-refractivity contribution in [3.05, 3.63) is 40.2 Å². The van der Waals surface area contributed by atoms with Crippen LogP contribution in [-0.2, 0) is 4.79 Å². The summed E-state index contributed by atoms with van der Waals surface area (Å²) in [6, 6.07) is 3.15. The van der Waals surface area contributed by atoms with Gasteiger partial charge in [-0.25, -0.2) is 9.78 Å². The fraction of sp³-hybridized carbons (Fsp3) is 0.0909. The molecular weight excluding hydrogens is 314 g/mol. The first-order valence-corrected chi connectivity index (χ1v) is 6.75. The molecule has 0 fully saturated rings. The number of hydrogen-bond donors (Lipinski definition) is 3. The highest BCUT2D eigenvalue weighted by Crippen LogP contribution is 2.21. The Morgan fingerprint density at radius 2 is 2.18 bits per heavy atom. The zero-order chi connectivity index (χ0) is 16.1. The highest BCUT2D eigenvalue weighted by Gasteiger charge is 2.15. The number of anilines is 1. The Hall–Kier alpha value is -2.95. The average molecular weight is 323 g/mol. The van der Waals surface area contributed by atoms with Crippen molar-refractivity contribution < 1.29 is 19.6 Å². The second-order valence-corrected chi connectivity index (χ2v) is 4.92. The van der Waals surface area contributed by atoms with E-state index in [-0.39, 0.29) is 17.0 Å². The van der Waals surface area contributed by atoms with E-state index in [1.807, 2.05) is 0 Å². The third-order valence-corrected chi connectivity index (χ3v) is 3.27. The Kier molecular flexibility index (Phi) is 4.68. The summed E-state index contributed by atoms with van der Waals surface area (Å²) in [5, 5.41) is 28.7. The van der Waals surface area contributed by atoms with Gasteiger partial charge in [0.1, 0.15) is 6.33 Å². The number of aromatic amines is 1. The molecule has 0 aliphatic rings. The van der Waals surface area contributed by atoms with E-state index in [0.29, 0.717) is 5.16 Å². The lowest BCUT2D eigenvalue weighted by atomic mass is 10.1. The number of amides is 1. The summed E-state index contributed by atoms with van der Waals surface area (Å²) in [5.74, 6) is -1.80. The Morgan fingerprint density at radius 3 is 2.77 bits per heavy atom. The van der Waals surface area contributed by atoms with Crippen LogP contribution in [0.5, 0.6) is 0 Å². The van der Waals surface area contributed by atoms with Crippen LogP contribution in [0.2, 0.25) is 0 Å². The van der Waals surface area contributed by atoms with Gasteiger partial charge < -0.3 is 10.4 Å². The van der Waals surface area contributed by atoms with Gasteiger partial charge in [-0.1, -0.05) is 11.8 Å². The predicted octanol–water partition coefficient (Wildman–Crippen LogP) is 1.14. The summed E-state index contributed by atoms with van der Waals surface area (Å²) >= 11 is 1.08. The summed E-state index contributed by atoms with van der Waals surface area (Å²) in [6.45, 7) is 0. The van der Waals surface area contributed by atoms with Crippen molar-refractivity contribution in [1.82, 2.24) is 15.2 Å². The van der Waals surface area contributed by atoms with E-state index in [1.54, 1.807) is 0 Å². The number of aromatic carboxylic acids is 1. The first-order chi connectivity index (χ1) is 10.5. The van der Waals surface area contributed by atoms with Crippen molar-refractivity contribution in [2.24, 2.45) is 0 Å². The lowest BCUT2D eigenvalue weighted by Crippen LogP contribution is -2.15. The van der Waals surface area contributed by atoms with Gasteiger partial charge in [-0.15, -0.1) is 0 Å². The van der Waals surface area contributed by atoms with Gasteiger partial charge in [-0.05, 0) is 6.07 Å². The smallest absolute Gasteiger partial charge is 0.336 e. The molecule has 0 saturated heterocycles. The van der Waals surface area contributed by atoms with Gasteiger partial charge in [-0.3, -0.25) is 20.0 Å². The second kappa shape index (κ2) is 6.67. The molecule has 0 atom stereocenters. The number of carbonyl (C=O) groups is 2. The SMILES string of the molecule is O=C(CSc1ncn[nH]1)Nc1cc(C(=O)O)cc([N+](=O)[O-])c1. The Labute approximate surface area is 127 Å². The zero-order valence-electron chi connectivity index (χ0n) is 10.8. The van der Waals surface area contributed by atoms with E-state index in [1.165, 1.54) is 6.33 Å². The number of carboxylic acid groups (broad SMARTS) is 1. The molecule has 0 spiro atoms. The summed E-state index contributed by atoms with van der Waals surface area (Å²) in [7, 11) is 0. The molecule has 1 amide bonds. The quantitative estimate of drug-likeness (QED) is 0.406. The highest BCUT2D eigenvalue weighted by molar-refractivity contribution is 7.99. The number of hydrogen-bond acceptors (Lipinski definition) is 7. The molecule has 3 N–H and O–H groups in total. The van der Waals surface area contributed by atoms with E-state index < -0.39 is 22.5 Å². The summed E-state index contributed by atoms with van der Waals surface area (Å²) in [6.07, 6.45) is 1.29. The molecule has 0 aliphatic carbocycles. The van der Waals surface area contributed by atoms with Gasteiger partial charge in [0, 0.05) is 17.8 Å². The molecule has 0 radical (unpaired) electrons. The number of rotatable bonds is 6. The van der Waals surface area contributed by atoms with Gasteiger partial charge in [0.15, 0.2) is 5.16 Å². The zero-order valence-corrected chi connectivity index (χ0v) is 11.7. The number of benzene rings is 1. The number of aromatic nitrogens is 3. The maximum absolute atomic E-state index is 11.8. The van der Waals surface area contributed by atoms with E-state index in [0.717, 1.165) is 30.0 Å². The van der Waals surface area contributed by atoms with Crippen LogP contribution in [0.15, 0.2) is 29.7 Å². The third kappa shape index (κ3) is 4.02. The first-order valence-electron chi connectivity index (χ1n) is 5.76. The van der Waals surface area contributed by atoms with E-state index in [4.69, 9.17) is 5.11 Å². The average Bonchev–Trinajstić information content (AvgIpc) is 2.98. The molecule has 0 saturated carbocycles. The number of carbonyl (C=O) groups excluding carboxylic acids is 1. The van der Waals surface area contributed by atoms with E-state index in [2.05, 4.69) is 20.5 Å². The molecule has 0 aliphatic heterocycles. The molecule has 1 heterocycles. The summed E-state index contributed by atoms with van der Waals surface area (Å²) in [4.78, 5) is 36.6. The normalized spacial score (nSPS) is 10.2. The minimum Gasteiger partial charge on any atom is -0.478 e. The maximum atomic E-state index is 11.8. The molecule has 11 heteroatoms. The Bertz CT molecular complexity index is 685. The van der Waals surface area contributed by atoms with E-state index in [9.17, 15) is 19.7 Å². The molecule has 22 heavy (non-hydrogen) atoms. The number of nitro benzene ring substituents is 1. The van der Waals surface area contributed by atoms with Crippen LogP contribution in [0.25, 0.3) is 0 Å². The van der Waals surface area contributed by atoms with E-state index >= 15 is 0 Å². The lowest BCUT2D eigenvalue weighted by molar-refractivity contribution is -0.384. The van der Waals surface area contributed by atoms with Crippen molar-refractivity contribution >= 4 is 35.0 Å². The lowest BCUT2D eigenvalue weighted by Gasteiger charge is -2.05. The predicted molar refractivity (Wildman–Crippen MR) is 75.8 cm³/mol. The molecule has 0 bridgehead atoms. The summed E-state index contributed by atoms with van der Waals surface area (Å²) in [5.41, 5.74) is -0.666. The van der Waals surface area contributed by atoms with Gasteiger partial charge in [0.2, 0.25) is 5.91 Å². The monoisotopic (exact) mass is 323 g/mol. The molecule has 0 unspecified atom stereocenters. The molecular formula is C11H9N5O5S. The van der Waals surface area contributed by atoms with Crippen molar-refractivity contribution in [3.8, 4) is 0 Å². The largest absolute Gasteiger partial charge is 0.478 e. The minimum atomic E-state index is -1.32. The van der Waals surface area contributed by atoms with Crippen molar-refractivity contribution in [1.29, 1.82) is 0 Å². The van der Waals surface area contributed by atoms with Gasteiger partial charge >= 0.3 is 5.97 Å². The van der Waals surface area contributed by atoms with Gasteiger partial charge in [0.05, 0.1) is 16.2 Å². The van der Waals surface area contributed by atoms with Crippen LogP contribution >= 0.6 is 11.8 Å². The molecule has 2 rings (SSSR count). The number of thioether (sulfide) groups is 1. The number of nitrogens with one attached hydrogen (secondary N) is 2. The fourth-order valence-corrected chi connectivity index (χ4v) is 2.09. The topological polar surface area (TPSA) is 151 Å². The highest BCUT2D eigenvalue weighted by atomic mass is 32.2. The fourth-order valence-electron chi connectivity index (χ4n) is 1.51.